The highest BCUT2D eigenvalue weighted by Gasteiger charge is 2.37. The predicted molar refractivity (Wildman–Crippen MR) is 471 cm³/mol. The molecule has 11 heteroatoms. The standard InChI is InChI=1S/C100H84N10Si/c1-9-10-27-76(62-104-110-94-35-16-13-32-79(94)85-55-99-88(58-100(85)110)82-50-68(47-65(6)7)38-41-93(82)109(99)73-26-21-44-103-61-73)111(8,74-28-17-22-69(51-74)105-89-33-14-11-30-77(89)83-53-97-86(56-95(83)105)80-48-66(45-63(2)3)36-39-91(80)107(97)71-24-19-42-101-59-71)75-29-18-23-70(52-75)106-90-34-15-12-31-78(90)84-54-98-87(57-96(84)106)81-49-67(46-64(4)5)37-40-92(81)108(98)72-25-20-43-102-60-72/h9-44,48-65H,45-47H2,1-8H3/b10-9-,76-27+,104-62+. The van der Waals surface area contributed by atoms with Crippen LogP contribution in [0.25, 0.3) is 159 Å². The van der Waals surface area contributed by atoms with Crippen molar-refractivity contribution in [3.63, 3.8) is 0 Å². The first-order chi connectivity index (χ1) is 54.3. The number of hydrogen-bond acceptors (Lipinski definition) is 4. The van der Waals surface area contributed by atoms with E-state index >= 15 is 0 Å². The van der Waals surface area contributed by atoms with E-state index in [-0.39, 0.29) is 0 Å². The van der Waals surface area contributed by atoms with E-state index < -0.39 is 8.07 Å². The predicted octanol–water partition coefficient (Wildman–Crippen LogP) is 23.8. The van der Waals surface area contributed by atoms with Gasteiger partial charge in [0.25, 0.3) is 0 Å². The van der Waals surface area contributed by atoms with Crippen LogP contribution >= 0.6 is 0 Å². The number of allylic oxidation sites excluding steroid dienone is 4. The van der Waals surface area contributed by atoms with E-state index in [2.05, 4.69) is 352 Å². The van der Waals surface area contributed by atoms with Gasteiger partial charge in [-0.05, 0) is 228 Å². The summed E-state index contributed by atoms with van der Waals surface area (Å²) < 4.78 is 14.5. The lowest BCUT2D eigenvalue weighted by Crippen LogP contribution is -2.58. The van der Waals surface area contributed by atoms with Gasteiger partial charge in [0.2, 0.25) is 0 Å². The van der Waals surface area contributed by atoms with Crippen LogP contribution in [0.5, 0.6) is 0 Å². The minimum atomic E-state index is -3.30. The molecule has 538 valence electrons. The molecule has 11 aromatic carbocycles. The topological polar surface area (TPSA) is 80.6 Å². The van der Waals surface area contributed by atoms with Crippen LogP contribution in [-0.4, -0.2) is 56.8 Å². The van der Waals surface area contributed by atoms with Crippen LogP contribution in [0.4, 0.5) is 0 Å². The maximum Gasteiger partial charge on any atom is 0.147 e. The lowest BCUT2D eigenvalue weighted by molar-refractivity contribution is 0.647. The molecule has 0 spiro atoms. The molecule has 9 aromatic heterocycles. The van der Waals surface area contributed by atoms with E-state index in [9.17, 15) is 0 Å². The van der Waals surface area contributed by atoms with Gasteiger partial charge in [-0.1, -0.05) is 163 Å². The van der Waals surface area contributed by atoms with Crippen LogP contribution < -0.4 is 10.4 Å². The number of pyridine rings is 3. The Balaban J connectivity index is 0.829. The van der Waals surface area contributed by atoms with Crippen molar-refractivity contribution in [1.82, 2.24) is 42.5 Å². The molecule has 0 atom stereocenters. The summed E-state index contributed by atoms with van der Waals surface area (Å²) in [6.07, 6.45) is 23.5. The van der Waals surface area contributed by atoms with E-state index in [0.717, 1.165) is 119 Å². The monoisotopic (exact) mass is 1450 g/mol. The molecule has 0 aliphatic carbocycles. The first kappa shape index (κ1) is 67.4. The smallest absolute Gasteiger partial charge is 0.147 e. The summed E-state index contributed by atoms with van der Waals surface area (Å²) >= 11 is 0. The van der Waals surface area contributed by atoms with Crippen molar-refractivity contribution in [3.8, 4) is 28.4 Å². The van der Waals surface area contributed by atoms with Crippen LogP contribution in [0.2, 0.25) is 6.55 Å². The molecule has 0 saturated heterocycles. The van der Waals surface area contributed by atoms with Crippen molar-refractivity contribution in [3.05, 3.63) is 326 Å². The van der Waals surface area contributed by atoms with Crippen LogP contribution in [0.3, 0.4) is 0 Å². The van der Waals surface area contributed by atoms with E-state index in [1.54, 1.807) is 0 Å². The van der Waals surface area contributed by atoms with Crippen molar-refractivity contribution in [2.45, 2.75) is 74.3 Å². The molecular weight excluding hydrogens is 1370 g/mol. The van der Waals surface area contributed by atoms with Gasteiger partial charge < -0.3 is 22.8 Å². The zero-order valence-electron chi connectivity index (χ0n) is 63.8. The SMILES string of the molecule is C\C=C/C=C(\C=N\n1c2ccccc2c2cc3c(cc21)c1cc(CC(C)C)ccc1n3-c1cccnc1)[Si](C)(c1cccc(-n2c3ccccc3c3cc4c(cc32)c2cc(CC(C)C)ccc2n4-c2cccnc2)c1)c1cccc(-n2c3ccccc3c3cc4c(cc32)c2cc(CC(C)C)ccc2n4-c2cccnc2)c1. The Morgan fingerprint density at radius 1 is 0.324 bits per heavy atom. The summed E-state index contributed by atoms with van der Waals surface area (Å²) in [6.45, 7) is 18.5. The number of para-hydroxylation sites is 3. The third-order valence-electron chi connectivity index (χ3n) is 23.2. The molecule has 0 unspecified atom stereocenters. The van der Waals surface area contributed by atoms with E-state index in [1.165, 1.54) is 92.0 Å². The molecule has 0 saturated carbocycles. The molecule has 0 bridgehead atoms. The van der Waals surface area contributed by atoms with E-state index in [1.807, 2.05) is 55.4 Å². The molecule has 0 amide bonds. The van der Waals surface area contributed by atoms with Crippen molar-refractivity contribution < 1.29 is 0 Å². The van der Waals surface area contributed by atoms with Gasteiger partial charge in [-0.25, -0.2) is 4.68 Å². The number of hydrogen-bond donors (Lipinski definition) is 0. The average Bonchev–Trinajstić information content (AvgIpc) is 1.54. The Bertz CT molecular complexity index is 6950. The normalized spacial score (nSPS) is 12.8. The number of aromatic nitrogens is 9. The van der Waals surface area contributed by atoms with Gasteiger partial charge >= 0.3 is 0 Å². The van der Waals surface area contributed by atoms with Gasteiger partial charge in [0.15, 0.2) is 0 Å². The fourth-order valence-corrected chi connectivity index (χ4v) is 21.9. The lowest BCUT2D eigenvalue weighted by Gasteiger charge is -2.31. The van der Waals surface area contributed by atoms with E-state index in [0.29, 0.717) is 17.8 Å². The minimum absolute atomic E-state index is 0.505. The van der Waals surface area contributed by atoms with Crippen molar-refractivity contribution in [2.75, 3.05) is 0 Å². The average molecular weight is 1450 g/mol. The second kappa shape index (κ2) is 26.7. The third kappa shape index (κ3) is 11.0. The van der Waals surface area contributed by atoms with Gasteiger partial charge in [0, 0.05) is 101 Å². The maximum absolute atomic E-state index is 5.89. The second-order valence-corrected chi connectivity index (χ2v) is 35.8. The Labute approximate surface area is 645 Å². The highest BCUT2D eigenvalue weighted by atomic mass is 28.3. The summed E-state index contributed by atoms with van der Waals surface area (Å²) in [5.41, 5.74) is 22.9. The first-order valence-electron chi connectivity index (χ1n) is 39.2. The van der Waals surface area contributed by atoms with Crippen molar-refractivity contribution >= 4 is 155 Å². The van der Waals surface area contributed by atoms with Gasteiger partial charge in [-0.2, -0.15) is 5.10 Å². The van der Waals surface area contributed by atoms with Crippen LogP contribution in [0, 0.1) is 17.8 Å². The number of nitrogens with zero attached hydrogens (tertiary/aromatic N) is 10. The van der Waals surface area contributed by atoms with E-state index in [4.69, 9.17) is 5.10 Å². The molecule has 0 N–H and O–H groups in total. The molecule has 0 radical (unpaired) electrons. The van der Waals surface area contributed by atoms with Crippen LogP contribution in [-0.2, 0) is 19.3 Å². The molecule has 0 aliphatic rings. The zero-order chi connectivity index (χ0) is 74.9. The Hall–Kier alpha value is -13.0. The molecule has 0 aliphatic heterocycles. The van der Waals surface area contributed by atoms with Crippen LogP contribution in [0.15, 0.2) is 314 Å². The number of fused-ring (bicyclic) bond motifs is 18. The van der Waals surface area contributed by atoms with Gasteiger partial charge in [0.05, 0.1) is 102 Å². The summed E-state index contributed by atoms with van der Waals surface area (Å²) in [5, 5.41) is 23.8. The summed E-state index contributed by atoms with van der Waals surface area (Å²) in [5.74, 6) is 1.52. The maximum atomic E-state index is 5.89. The second-order valence-electron chi connectivity index (χ2n) is 31.8. The molecular formula is C100H84N10Si. The van der Waals surface area contributed by atoms with Crippen molar-refractivity contribution in [2.24, 2.45) is 22.9 Å². The summed E-state index contributed by atoms with van der Waals surface area (Å²) in [7, 11) is -3.30. The van der Waals surface area contributed by atoms with Gasteiger partial charge in [-0.15, -0.1) is 0 Å². The first-order valence-corrected chi connectivity index (χ1v) is 41.7. The zero-order valence-corrected chi connectivity index (χ0v) is 64.8. The molecule has 10 nitrogen and oxygen atoms in total. The molecule has 0 fully saturated rings. The highest BCUT2D eigenvalue weighted by molar-refractivity contribution is 7.08. The summed E-state index contributed by atoms with van der Waals surface area (Å²) in [6, 6.07) is 94.2. The Morgan fingerprint density at radius 3 is 1.03 bits per heavy atom. The number of benzene rings is 11. The minimum Gasteiger partial charge on any atom is -0.309 e. The van der Waals surface area contributed by atoms with Gasteiger partial charge in [0.1, 0.15) is 8.07 Å². The largest absolute Gasteiger partial charge is 0.309 e. The third-order valence-corrected chi connectivity index (χ3v) is 27.6. The van der Waals surface area contributed by atoms with Gasteiger partial charge in [-0.3, -0.25) is 15.0 Å². The molecule has 9 heterocycles. The lowest BCUT2D eigenvalue weighted by atomic mass is 10.0. The Kier molecular flexibility index (Phi) is 16.2. The molecule has 20 aromatic rings. The number of rotatable bonds is 17. The van der Waals surface area contributed by atoms with Crippen LogP contribution in [0.1, 0.15) is 65.2 Å². The quantitative estimate of drug-likeness (QED) is 0.0517. The molecule has 20 rings (SSSR count). The Morgan fingerprint density at radius 2 is 0.649 bits per heavy atom. The highest BCUT2D eigenvalue weighted by Crippen LogP contribution is 2.45. The fourth-order valence-electron chi connectivity index (χ4n) is 18.4. The van der Waals surface area contributed by atoms with Crippen molar-refractivity contribution in [1.29, 1.82) is 0 Å². The fraction of sp³-hybridized carbons (Fsp3) is 0.140. The summed E-state index contributed by atoms with van der Waals surface area (Å²) in [4.78, 5) is 14.0. The molecule has 111 heavy (non-hydrogen) atoms.